The van der Waals surface area contributed by atoms with Crippen molar-refractivity contribution < 1.29 is 55.6 Å². The molecule has 2 aromatic carbocycles. The van der Waals surface area contributed by atoms with Crippen molar-refractivity contribution in [2.75, 3.05) is 11.9 Å². The Labute approximate surface area is 327 Å². The van der Waals surface area contributed by atoms with Crippen LogP contribution in [0.3, 0.4) is 0 Å². The molecular formula is C37H43BF2N6O10S. The summed E-state index contributed by atoms with van der Waals surface area (Å²) >= 11 is 0. The van der Waals surface area contributed by atoms with Gasteiger partial charge in [0, 0.05) is 24.4 Å². The van der Waals surface area contributed by atoms with Crippen LogP contribution in [0.25, 0.3) is 0 Å². The molecule has 5 aliphatic rings. The van der Waals surface area contributed by atoms with Crippen molar-refractivity contribution >= 4 is 58.1 Å². The SMILES string of the molecule is C=C[C@@H]1C[C@]1(NC(=O)[C@@H]1C[C@@H](OC(=O)N2Cc3cccc(F)c3C2)CN1C(=O)[C@@H](NC(=O)Nc1cc2c(cc1F)COB2O)C(C)(C)C)C(=O)NS(=O)(=O)C1CC1. The number of hydrogen-bond donors (Lipinski definition) is 5. The molecule has 0 radical (unpaired) electrons. The lowest BCUT2D eigenvalue weighted by molar-refractivity contribution is -0.142. The molecule has 20 heteroatoms. The van der Waals surface area contributed by atoms with E-state index in [0.717, 1.165) is 11.0 Å². The Morgan fingerprint density at radius 1 is 1.11 bits per heavy atom. The molecule has 0 unspecified atom stereocenters. The van der Waals surface area contributed by atoms with E-state index in [0.29, 0.717) is 29.5 Å². The number of benzene rings is 2. The first-order valence-corrected chi connectivity index (χ1v) is 20.1. The van der Waals surface area contributed by atoms with Crippen LogP contribution < -0.4 is 26.1 Å². The molecule has 0 aromatic heterocycles. The minimum Gasteiger partial charge on any atom is -0.444 e. The van der Waals surface area contributed by atoms with Crippen molar-refractivity contribution in [2.24, 2.45) is 11.3 Å². The second-order valence-electron chi connectivity index (χ2n) is 16.3. The normalized spacial score (nSPS) is 24.2. The zero-order valence-electron chi connectivity index (χ0n) is 31.5. The molecule has 2 aromatic rings. The highest BCUT2D eigenvalue weighted by Gasteiger charge is 2.62. The number of sulfonamides is 1. The molecule has 0 spiro atoms. The number of carbonyl (C=O) groups is 5. The molecule has 5 atom stereocenters. The maximum atomic E-state index is 15.0. The van der Waals surface area contributed by atoms with E-state index in [9.17, 15) is 46.2 Å². The summed E-state index contributed by atoms with van der Waals surface area (Å²) < 4.78 is 67.8. The van der Waals surface area contributed by atoms with Gasteiger partial charge in [-0.2, -0.15) is 0 Å². The largest absolute Gasteiger partial charge is 0.491 e. The highest BCUT2D eigenvalue weighted by Crippen LogP contribution is 2.45. The number of hydrogen-bond acceptors (Lipinski definition) is 10. The van der Waals surface area contributed by atoms with Crippen LogP contribution in [0, 0.1) is 23.0 Å². The van der Waals surface area contributed by atoms with Crippen LogP contribution in [-0.2, 0) is 53.5 Å². The fourth-order valence-electron chi connectivity index (χ4n) is 7.57. The van der Waals surface area contributed by atoms with E-state index >= 15 is 0 Å². The number of amides is 6. The molecular weight excluding hydrogens is 769 g/mol. The summed E-state index contributed by atoms with van der Waals surface area (Å²) in [5.41, 5.74) is -1.41. The first-order valence-electron chi connectivity index (χ1n) is 18.5. The monoisotopic (exact) mass is 812 g/mol. The van der Waals surface area contributed by atoms with Crippen LogP contribution >= 0.6 is 0 Å². The first-order chi connectivity index (χ1) is 26.8. The van der Waals surface area contributed by atoms with Crippen molar-refractivity contribution in [1.82, 2.24) is 25.2 Å². The molecule has 6 amide bonds. The lowest BCUT2D eigenvalue weighted by Gasteiger charge is -2.35. The second-order valence-corrected chi connectivity index (χ2v) is 18.2. The van der Waals surface area contributed by atoms with E-state index in [4.69, 9.17) is 9.39 Å². The molecule has 2 saturated carbocycles. The summed E-state index contributed by atoms with van der Waals surface area (Å²) in [5, 5.41) is 17.0. The summed E-state index contributed by atoms with van der Waals surface area (Å²) in [7, 11) is -5.31. The van der Waals surface area contributed by atoms with E-state index in [1.165, 1.54) is 29.2 Å². The number of halogens is 2. The zero-order valence-corrected chi connectivity index (χ0v) is 32.3. The van der Waals surface area contributed by atoms with Crippen LogP contribution in [0.1, 0.15) is 63.1 Å². The number of likely N-dealkylation sites (tertiary alicyclic amines) is 1. The summed E-state index contributed by atoms with van der Waals surface area (Å²) in [4.78, 5) is 71.4. The Balaban J connectivity index is 1.12. The molecule has 2 aliphatic carbocycles. The van der Waals surface area contributed by atoms with Crippen molar-refractivity contribution in [3.05, 3.63) is 71.3 Å². The lowest BCUT2D eigenvalue weighted by atomic mass is 9.79. The molecule has 304 valence electrons. The molecule has 3 heterocycles. The maximum absolute atomic E-state index is 15.0. The molecule has 7 rings (SSSR count). The molecule has 3 aliphatic heterocycles. The van der Waals surface area contributed by atoms with Crippen molar-refractivity contribution in [3.8, 4) is 0 Å². The van der Waals surface area contributed by atoms with E-state index < -0.39 is 98.9 Å². The van der Waals surface area contributed by atoms with Crippen LogP contribution in [0.4, 0.5) is 24.1 Å². The first kappa shape index (κ1) is 40.1. The zero-order chi connectivity index (χ0) is 41.2. The molecule has 57 heavy (non-hydrogen) atoms. The Kier molecular flexibility index (Phi) is 10.3. The van der Waals surface area contributed by atoms with E-state index in [2.05, 4.69) is 27.3 Å². The van der Waals surface area contributed by atoms with Crippen LogP contribution in [0.2, 0.25) is 0 Å². The summed E-state index contributed by atoms with van der Waals surface area (Å²) in [5.74, 6) is -4.50. The standard InChI is InChI=1S/C37H43BF2N6O10S/c1-5-21-14-37(21,33(49)44-57(53,54)23-9-10-23)43-31(47)29-12-22(56-35(51)45-15-19-7-6-8-26(39)24(19)17-45)16-46(29)32(48)30(36(2,3)4)42-34(50)41-28-13-25-20(11-27(28)40)18-55-38(25)52/h5-8,11,13,21-23,29-30,52H,1,9-10,12,14-18H2,2-4H3,(H,43,47)(H,44,49)(H2,41,42,50)/t21-,22-,29+,30-,37-/m1/s1. The number of nitrogens with one attached hydrogen (secondary N) is 4. The van der Waals surface area contributed by atoms with Gasteiger partial charge in [0.15, 0.2) is 0 Å². The van der Waals surface area contributed by atoms with Gasteiger partial charge in [-0.1, -0.05) is 39.0 Å². The van der Waals surface area contributed by atoms with E-state index in [1.54, 1.807) is 26.8 Å². The number of rotatable bonds is 10. The fraction of sp³-hybridized carbons (Fsp3) is 0.486. The molecule has 0 bridgehead atoms. The second kappa shape index (κ2) is 14.7. The van der Waals surface area contributed by atoms with Gasteiger partial charge >= 0.3 is 19.2 Å². The van der Waals surface area contributed by atoms with Gasteiger partial charge in [0.1, 0.15) is 35.4 Å². The van der Waals surface area contributed by atoms with Gasteiger partial charge in [-0.05, 0) is 59.5 Å². The predicted octanol–water partition coefficient (Wildman–Crippen LogP) is 1.51. The van der Waals surface area contributed by atoms with Gasteiger partial charge in [-0.15, -0.1) is 6.58 Å². The average Bonchev–Trinajstić information content (AvgIpc) is 3.99. The number of carbonyl (C=O) groups excluding carboxylic acids is 5. The summed E-state index contributed by atoms with van der Waals surface area (Å²) in [6, 6.07) is 3.09. The Morgan fingerprint density at radius 2 is 1.84 bits per heavy atom. The minimum atomic E-state index is -3.99. The van der Waals surface area contributed by atoms with Gasteiger partial charge in [0.25, 0.3) is 5.91 Å². The number of ether oxygens (including phenoxy) is 1. The summed E-state index contributed by atoms with van der Waals surface area (Å²) in [6.07, 6.45) is 0.0904. The van der Waals surface area contributed by atoms with Gasteiger partial charge < -0.3 is 35.3 Å². The van der Waals surface area contributed by atoms with E-state index in [1.807, 2.05) is 0 Å². The fourth-order valence-corrected chi connectivity index (χ4v) is 8.93. The minimum absolute atomic E-state index is 0.0226. The Hall–Kier alpha value is -5.08. The van der Waals surface area contributed by atoms with Gasteiger partial charge in [0.2, 0.25) is 21.8 Å². The Bertz CT molecular complexity index is 2170. The van der Waals surface area contributed by atoms with Crippen molar-refractivity contribution in [1.29, 1.82) is 0 Å². The van der Waals surface area contributed by atoms with Crippen LogP contribution in [-0.4, -0.2) is 95.7 Å². The number of anilines is 1. The third-order valence-electron chi connectivity index (χ3n) is 11.1. The lowest BCUT2D eigenvalue weighted by Crippen LogP contribution is -2.60. The highest BCUT2D eigenvalue weighted by molar-refractivity contribution is 7.91. The molecule has 5 N–H and O–H groups in total. The number of fused-ring (bicyclic) bond motifs is 2. The van der Waals surface area contributed by atoms with Gasteiger partial charge in [-0.3, -0.25) is 24.0 Å². The third kappa shape index (κ3) is 7.94. The third-order valence-corrected chi connectivity index (χ3v) is 12.9. The topological polar surface area (TPSA) is 213 Å². The van der Waals surface area contributed by atoms with Gasteiger partial charge in [0.05, 0.1) is 30.6 Å². The highest BCUT2D eigenvalue weighted by atomic mass is 32.2. The number of urea groups is 1. The number of nitrogens with zero attached hydrogens (tertiary/aromatic N) is 2. The van der Waals surface area contributed by atoms with Crippen molar-refractivity contribution in [2.45, 2.75) is 95.1 Å². The smallest absolute Gasteiger partial charge is 0.444 e. The molecule has 16 nitrogen and oxygen atoms in total. The quantitative estimate of drug-likeness (QED) is 0.172. The van der Waals surface area contributed by atoms with Crippen LogP contribution in [0.15, 0.2) is 43.0 Å². The van der Waals surface area contributed by atoms with E-state index in [-0.39, 0.29) is 50.2 Å². The average molecular weight is 813 g/mol. The van der Waals surface area contributed by atoms with Crippen LogP contribution in [0.5, 0.6) is 0 Å². The Morgan fingerprint density at radius 3 is 2.49 bits per heavy atom. The molecule has 3 fully saturated rings. The molecule has 1 saturated heterocycles. The predicted molar refractivity (Wildman–Crippen MR) is 199 cm³/mol. The van der Waals surface area contributed by atoms with Crippen molar-refractivity contribution in [3.63, 3.8) is 0 Å². The van der Waals surface area contributed by atoms with Gasteiger partial charge in [-0.25, -0.2) is 26.8 Å². The summed E-state index contributed by atoms with van der Waals surface area (Å²) in [6.45, 7) is 8.29. The maximum Gasteiger partial charge on any atom is 0.491 e.